The maximum atomic E-state index is 5.47. The monoisotopic (exact) mass is 256 g/mol. The third-order valence-corrected chi connectivity index (χ3v) is 3.29. The number of para-hydroxylation sites is 1. The van der Waals surface area contributed by atoms with Gasteiger partial charge in [-0.05, 0) is 23.1 Å². The second-order valence-electron chi connectivity index (χ2n) is 4.82. The Balaban J connectivity index is 2.46. The topological polar surface area (TPSA) is 18.5 Å². The van der Waals surface area contributed by atoms with Crippen molar-refractivity contribution in [2.24, 2.45) is 0 Å². The Kier molecular flexibility index (Phi) is 4.10. The van der Waals surface area contributed by atoms with Gasteiger partial charge in [-0.3, -0.25) is 0 Å². The lowest BCUT2D eigenvalue weighted by atomic mass is 9.98. The highest BCUT2D eigenvalue weighted by atomic mass is 16.5. The molecule has 0 spiro atoms. The summed E-state index contributed by atoms with van der Waals surface area (Å²) in [5, 5.41) is 0. The van der Waals surface area contributed by atoms with Crippen LogP contribution >= 0.6 is 0 Å². The Morgan fingerprint density at radius 1 is 0.842 bits per heavy atom. The van der Waals surface area contributed by atoms with Gasteiger partial charge in [0.15, 0.2) is 11.5 Å². The summed E-state index contributed by atoms with van der Waals surface area (Å²) < 4.78 is 10.8. The predicted molar refractivity (Wildman–Crippen MR) is 79.1 cm³/mol. The Labute approximate surface area is 115 Å². The number of hydrogen-bond donors (Lipinski definition) is 0. The second-order valence-corrected chi connectivity index (χ2v) is 4.82. The minimum atomic E-state index is 0.543. The first-order chi connectivity index (χ1) is 9.17. The SMILES string of the molecule is COc1cccc(-c2ccc(C(C)C)cc2)c1OC. The van der Waals surface area contributed by atoms with Gasteiger partial charge in [0.2, 0.25) is 0 Å². The third-order valence-electron chi connectivity index (χ3n) is 3.29. The van der Waals surface area contributed by atoms with E-state index >= 15 is 0 Å². The predicted octanol–water partition coefficient (Wildman–Crippen LogP) is 4.49. The second kappa shape index (κ2) is 5.79. The molecular weight excluding hydrogens is 236 g/mol. The minimum Gasteiger partial charge on any atom is -0.493 e. The molecule has 2 aromatic rings. The molecule has 0 aliphatic rings. The lowest BCUT2D eigenvalue weighted by Crippen LogP contribution is -1.93. The smallest absolute Gasteiger partial charge is 0.168 e. The van der Waals surface area contributed by atoms with Crippen LogP contribution in [-0.2, 0) is 0 Å². The van der Waals surface area contributed by atoms with E-state index in [2.05, 4.69) is 38.1 Å². The maximum absolute atomic E-state index is 5.47. The van der Waals surface area contributed by atoms with Crippen molar-refractivity contribution in [1.29, 1.82) is 0 Å². The summed E-state index contributed by atoms with van der Waals surface area (Å²) >= 11 is 0. The summed E-state index contributed by atoms with van der Waals surface area (Å²) in [6.07, 6.45) is 0. The molecule has 0 saturated carbocycles. The van der Waals surface area contributed by atoms with Gasteiger partial charge >= 0.3 is 0 Å². The first-order valence-corrected chi connectivity index (χ1v) is 6.48. The molecular formula is C17H20O2. The minimum absolute atomic E-state index is 0.543. The molecule has 0 saturated heterocycles. The van der Waals surface area contributed by atoms with E-state index in [0.717, 1.165) is 22.6 Å². The lowest BCUT2D eigenvalue weighted by Gasteiger charge is -2.13. The van der Waals surface area contributed by atoms with E-state index in [9.17, 15) is 0 Å². The Hall–Kier alpha value is -1.96. The van der Waals surface area contributed by atoms with Crippen molar-refractivity contribution in [3.8, 4) is 22.6 Å². The molecule has 0 aromatic heterocycles. The van der Waals surface area contributed by atoms with Crippen molar-refractivity contribution in [3.63, 3.8) is 0 Å². The van der Waals surface area contributed by atoms with Gasteiger partial charge in [-0.15, -0.1) is 0 Å². The van der Waals surface area contributed by atoms with Crippen molar-refractivity contribution in [1.82, 2.24) is 0 Å². The maximum Gasteiger partial charge on any atom is 0.168 e. The molecule has 0 amide bonds. The van der Waals surface area contributed by atoms with Crippen molar-refractivity contribution in [3.05, 3.63) is 48.0 Å². The van der Waals surface area contributed by atoms with E-state index in [4.69, 9.17) is 9.47 Å². The molecule has 0 heterocycles. The van der Waals surface area contributed by atoms with Crippen LogP contribution < -0.4 is 9.47 Å². The van der Waals surface area contributed by atoms with Crippen LogP contribution in [0.15, 0.2) is 42.5 Å². The van der Waals surface area contributed by atoms with Gasteiger partial charge in [0.05, 0.1) is 14.2 Å². The molecule has 0 bridgehead atoms. The van der Waals surface area contributed by atoms with Gasteiger partial charge in [0.1, 0.15) is 0 Å². The summed E-state index contributed by atoms with van der Waals surface area (Å²) in [6, 6.07) is 14.5. The molecule has 0 unspecified atom stereocenters. The standard InChI is InChI=1S/C17H20O2/c1-12(2)13-8-10-14(11-9-13)15-6-5-7-16(18-3)17(15)19-4/h5-12H,1-4H3. The summed E-state index contributed by atoms with van der Waals surface area (Å²) in [5.74, 6) is 2.08. The summed E-state index contributed by atoms with van der Waals surface area (Å²) in [5.41, 5.74) is 3.53. The van der Waals surface area contributed by atoms with E-state index in [1.54, 1.807) is 14.2 Å². The molecule has 100 valence electrons. The first-order valence-electron chi connectivity index (χ1n) is 6.48. The number of methoxy groups -OCH3 is 2. The largest absolute Gasteiger partial charge is 0.493 e. The molecule has 0 atom stereocenters. The van der Waals surface area contributed by atoms with Crippen LogP contribution in [0.25, 0.3) is 11.1 Å². The molecule has 2 rings (SSSR count). The van der Waals surface area contributed by atoms with Gasteiger partial charge in [-0.2, -0.15) is 0 Å². The highest BCUT2D eigenvalue weighted by Gasteiger charge is 2.11. The van der Waals surface area contributed by atoms with Crippen molar-refractivity contribution in [2.75, 3.05) is 14.2 Å². The van der Waals surface area contributed by atoms with Crippen molar-refractivity contribution >= 4 is 0 Å². The van der Waals surface area contributed by atoms with Crippen LogP contribution in [0.1, 0.15) is 25.3 Å². The van der Waals surface area contributed by atoms with Crippen LogP contribution in [-0.4, -0.2) is 14.2 Å². The normalized spacial score (nSPS) is 10.6. The lowest BCUT2D eigenvalue weighted by molar-refractivity contribution is 0.356. The Morgan fingerprint density at radius 2 is 1.53 bits per heavy atom. The molecule has 0 aliphatic heterocycles. The summed E-state index contributed by atoms with van der Waals surface area (Å²) in [4.78, 5) is 0. The quantitative estimate of drug-likeness (QED) is 0.802. The van der Waals surface area contributed by atoms with Crippen LogP contribution in [0.5, 0.6) is 11.5 Å². The average Bonchev–Trinajstić information content (AvgIpc) is 2.46. The molecule has 0 radical (unpaired) electrons. The summed E-state index contributed by atoms with van der Waals surface area (Å²) in [7, 11) is 3.33. The van der Waals surface area contributed by atoms with Crippen molar-refractivity contribution < 1.29 is 9.47 Å². The van der Waals surface area contributed by atoms with E-state index < -0.39 is 0 Å². The fraction of sp³-hybridized carbons (Fsp3) is 0.294. The highest BCUT2D eigenvalue weighted by Crippen LogP contribution is 2.37. The van der Waals surface area contributed by atoms with Gasteiger partial charge in [-0.1, -0.05) is 50.2 Å². The molecule has 2 aromatic carbocycles. The number of rotatable bonds is 4. The average molecular weight is 256 g/mol. The molecule has 0 aliphatic carbocycles. The summed E-state index contributed by atoms with van der Waals surface area (Å²) in [6.45, 7) is 4.39. The number of benzene rings is 2. The van der Waals surface area contributed by atoms with E-state index in [0.29, 0.717) is 5.92 Å². The van der Waals surface area contributed by atoms with Crippen LogP contribution in [0.3, 0.4) is 0 Å². The van der Waals surface area contributed by atoms with Gasteiger partial charge in [-0.25, -0.2) is 0 Å². The molecule has 0 fully saturated rings. The fourth-order valence-electron chi connectivity index (χ4n) is 2.16. The van der Waals surface area contributed by atoms with Gasteiger partial charge in [0.25, 0.3) is 0 Å². The van der Waals surface area contributed by atoms with E-state index in [-0.39, 0.29) is 0 Å². The van der Waals surface area contributed by atoms with Crippen molar-refractivity contribution in [2.45, 2.75) is 19.8 Å². The zero-order chi connectivity index (χ0) is 13.8. The Morgan fingerprint density at radius 3 is 2.05 bits per heavy atom. The third kappa shape index (κ3) is 2.73. The highest BCUT2D eigenvalue weighted by molar-refractivity contribution is 5.74. The van der Waals surface area contributed by atoms with Gasteiger partial charge in [0, 0.05) is 5.56 Å². The van der Waals surface area contributed by atoms with Gasteiger partial charge < -0.3 is 9.47 Å². The molecule has 2 heteroatoms. The van der Waals surface area contributed by atoms with Crippen LogP contribution in [0.4, 0.5) is 0 Å². The zero-order valence-corrected chi connectivity index (χ0v) is 11.9. The molecule has 0 N–H and O–H groups in total. The van der Waals surface area contributed by atoms with E-state index in [1.807, 2.05) is 18.2 Å². The first kappa shape index (κ1) is 13.5. The molecule has 2 nitrogen and oxygen atoms in total. The number of hydrogen-bond acceptors (Lipinski definition) is 2. The van der Waals surface area contributed by atoms with Crippen LogP contribution in [0.2, 0.25) is 0 Å². The molecule has 19 heavy (non-hydrogen) atoms. The van der Waals surface area contributed by atoms with E-state index in [1.165, 1.54) is 5.56 Å². The van der Waals surface area contributed by atoms with Crippen LogP contribution in [0, 0.1) is 0 Å². The fourth-order valence-corrected chi connectivity index (χ4v) is 2.16. The zero-order valence-electron chi connectivity index (χ0n) is 11.9. The number of ether oxygens (including phenoxy) is 2. The Bertz CT molecular complexity index is 542.